The lowest BCUT2D eigenvalue weighted by molar-refractivity contribution is 0.203. The molecule has 112 valence electrons. The molecule has 2 N–H and O–H groups in total. The topological polar surface area (TPSA) is 35.5 Å². The van der Waals surface area contributed by atoms with Gasteiger partial charge in [-0.25, -0.2) is 0 Å². The molecule has 20 heavy (non-hydrogen) atoms. The number of aliphatic hydroxyl groups is 1. The first-order valence-electron chi connectivity index (χ1n) is 7.54. The molecule has 0 spiro atoms. The molecule has 4 heteroatoms. The predicted molar refractivity (Wildman–Crippen MR) is 88.3 cm³/mol. The maximum absolute atomic E-state index is 9.27. The molecule has 1 atom stereocenters. The second kappa shape index (κ2) is 7.43. The van der Waals surface area contributed by atoms with E-state index in [1.807, 2.05) is 0 Å². The van der Waals surface area contributed by atoms with Gasteiger partial charge in [0.15, 0.2) is 0 Å². The molecule has 1 aromatic carbocycles. The van der Waals surface area contributed by atoms with Crippen LogP contribution in [0, 0.1) is 5.92 Å². The maximum Gasteiger partial charge on any atom is 0.0460 e. The van der Waals surface area contributed by atoms with Crippen molar-refractivity contribution < 1.29 is 5.11 Å². The molecular formula is C16H25BrN2O. The molecule has 3 nitrogen and oxygen atoms in total. The fourth-order valence-electron chi connectivity index (χ4n) is 2.93. The minimum atomic E-state index is 0.326. The molecule has 1 heterocycles. The highest BCUT2D eigenvalue weighted by atomic mass is 79.9. The van der Waals surface area contributed by atoms with Crippen molar-refractivity contribution in [3.63, 3.8) is 0 Å². The fraction of sp³-hybridized carbons (Fsp3) is 0.625. The van der Waals surface area contributed by atoms with E-state index in [1.54, 1.807) is 0 Å². The zero-order valence-corrected chi connectivity index (χ0v) is 14.0. The summed E-state index contributed by atoms with van der Waals surface area (Å²) in [5.41, 5.74) is 2.68. The summed E-state index contributed by atoms with van der Waals surface area (Å²) in [4.78, 5) is 2.46. The first-order chi connectivity index (χ1) is 9.65. The summed E-state index contributed by atoms with van der Waals surface area (Å²) in [5, 5.41) is 12.8. The summed E-state index contributed by atoms with van der Waals surface area (Å²) < 4.78 is 1.13. The van der Waals surface area contributed by atoms with Crippen LogP contribution in [0.5, 0.6) is 0 Å². The third-order valence-electron chi connectivity index (χ3n) is 4.18. The van der Waals surface area contributed by atoms with Crippen LogP contribution in [0.25, 0.3) is 0 Å². The van der Waals surface area contributed by atoms with Crippen LogP contribution in [-0.2, 0) is 0 Å². The molecule has 0 aliphatic carbocycles. The van der Waals surface area contributed by atoms with E-state index in [-0.39, 0.29) is 0 Å². The van der Waals surface area contributed by atoms with Crippen molar-refractivity contribution >= 4 is 21.6 Å². The van der Waals surface area contributed by atoms with E-state index in [2.05, 4.69) is 58.2 Å². The molecule has 0 amide bonds. The number of halogens is 1. The van der Waals surface area contributed by atoms with Gasteiger partial charge < -0.3 is 15.3 Å². The molecule has 1 unspecified atom stereocenters. The lowest BCUT2D eigenvalue weighted by Gasteiger charge is -2.35. The number of rotatable bonds is 5. The average molecular weight is 341 g/mol. The van der Waals surface area contributed by atoms with Crippen molar-refractivity contribution in [3.8, 4) is 0 Å². The number of hydrogen-bond donors (Lipinski definition) is 2. The molecule has 1 aliphatic heterocycles. The molecule has 1 aromatic rings. The predicted octanol–water partition coefficient (Wildman–Crippen LogP) is 3.33. The van der Waals surface area contributed by atoms with Crippen molar-refractivity contribution in [2.24, 2.45) is 5.92 Å². The van der Waals surface area contributed by atoms with Crippen LogP contribution < -0.4 is 10.2 Å². The van der Waals surface area contributed by atoms with Gasteiger partial charge in [0.1, 0.15) is 0 Å². The van der Waals surface area contributed by atoms with Gasteiger partial charge in [-0.3, -0.25) is 0 Å². The fourth-order valence-corrected chi connectivity index (χ4v) is 3.28. The van der Waals surface area contributed by atoms with Gasteiger partial charge in [0.25, 0.3) is 0 Å². The van der Waals surface area contributed by atoms with E-state index in [0.29, 0.717) is 18.6 Å². The van der Waals surface area contributed by atoms with Crippen molar-refractivity contribution in [2.45, 2.75) is 32.7 Å². The van der Waals surface area contributed by atoms with E-state index < -0.39 is 0 Å². The van der Waals surface area contributed by atoms with Crippen molar-refractivity contribution in [1.82, 2.24) is 5.32 Å². The van der Waals surface area contributed by atoms with Gasteiger partial charge in [-0.15, -0.1) is 0 Å². The van der Waals surface area contributed by atoms with E-state index in [9.17, 15) is 5.11 Å². The van der Waals surface area contributed by atoms with Crippen LogP contribution in [0.2, 0.25) is 0 Å². The van der Waals surface area contributed by atoms with Gasteiger partial charge in [-0.1, -0.05) is 28.9 Å². The minimum Gasteiger partial charge on any atom is -0.396 e. The second-order valence-corrected chi connectivity index (χ2v) is 6.51. The Morgan fingerprint density at radius 1 is 1.40 bits per heavy atom. The van der Waals surface area contributed by atoms with Gasteiger partial charge in [-0.2, -0.15) is 0 Å². The highest BCUT2D eigenvalue weighted by Gasteiger charge is 2.22. The first kappa shape index (κ1) is 15.8. The quantitative estimate of drug-likeness (QED) is 0.862. The molecule has 0 saturated carbocycles. The number of aliphatic hydroxyl groups excluding tert-OH is 1. The molecule has 0 bridgehead atoms. The van der Waals surface area contributed by atoms with Crippen LogP contribution in [0.15, 0.2) is 22.7 Å². The average Bonchev–Trinajstić information content (AvgIpc) is 2.47. The van der Waals surface area contributed by atoms with Crippen LogP contribution in [0.3, 0.4) is 0 Å². The number of nitrogens with one attached hydrogen (secondary N) is 1. The third kappa shape index (κ3) is 3.74. The van der Waals surface area contributed by atoms with Crippen LogP contribution in [0.4, 0.5) is 5.69 Å². The summed E-state index contributed by atoms with van der Waals surface area (Å²) in [7, 11) is 0. The van der Waals surface area contributed by atoms with Crippen LogP contribution in [-0.4, -0.2) is 31.3 Å². The van der Waals surface area contributed by atoms with Crippen LogP contribution >= 0.6 is 15.9 Å². The molecule has 2 rings (SSSR count). The van der Waals surface area contributed by atoms with Gasteiger partial charge in [0.05, 0.1) is 0 Å². The largest absolute Gasteiger partial charge is 0.396 e. The maximum atomic E-state index is 9.27. The molecule has 1 aliphatic rings. The highest BCUT2D eigenvalue weighted by molar-refractivity contribution is 9.10. The number of hydrogen-bond acceptors (Lipinski definition) is 3. The summed E-state index contributed by atoms with van der Waals surface area (Å²) in [6.07, 6.45) is 2.16. The van der Waals surface area contributed by atoms with Crippen molar-refractivity contribution in [1.29, 1.82) is 0 Å². The number of nitrogens with zero attached hydrogens (tertiary/aromatic N) is 1. The SMILES string of the molecule is CCNC(C)c1ccc(Br)cc1N1CCC(CO)CC1. The smallest absolute Gasteiger partial charge is 0.0460 e. The van der Waals surface area contributed by atoms with E-state index in [1.165, 1.54) is 11.3 Å². The summed E-state index contributed by atoms with van der Waals surface area (Å²) >= 11 is 3.59. The monoisotopic (exact) mass is 340 g/mol. The van der Waals surface area contributed by atoms with Crippen LogP contribution in [0.1, 0.15) is 38.3 Å². The highest BCUT2D eigenvalue weighted by Crippen LogP contribution is 2.32. The molecule has 0 radical (unpaired) electrons. The normalized spacial score (nSPS) is 18.3. The van der Waals surface area contributed by atoms with Gasteiger partial charge in [0.2, 0.25) is 0 Å². The molecule has 0 aromatic heterocycles. The standard InChI is InChI=1S/C16H25BrN2O/c1-3-18-12(2)15-5-4-14(17)10-16(15)19-8-6-13(11-20)7-9-19/h4-5,10,12-13,18,20H,3,6-9,11H2,1-2H3. The molecule has 1 fully saturated rings. The second-order valence-electron chi connectivity index (χ2n) is 5.60. The van der Waals surface area contributed by atoms with E-state index in [4.69, 9.17) is 0 Å². The lowest BCUT2D eigenvalue weighted by atomic mass is 9.96. The number of anilines is 1. The van der Waals surface area contributed by atoms with E-state index >= 15 is 0 Å². The molecular weight excluding hydrogens is 316 g/mol. The third-order valence-corrected chi connectivity index (χ3v) is 4.68. The molecule has 1 saturated heterocycles. The summed E-state index contributed by atoms with van der Waals surface area (Å²) in [6.45, 7) is 7.73. The van der Waals surface area contributed by atoms with Gasteiger partial charge in [0, 0.05) is 35.9 Å². The first-order valence-corrected chi connectivity index (χ1v) is 8.33. The Labute approximate surface area is 130 Å². The van der Waals surface area contributed by atoms with Gasteiger partial charge in [-0.05, 0) is 49.9 Å². The summed E-state index contributed by atoms with van der Waals surface area (Å²) in [6, 6.07) is 6.92. The van der Waals surface area contributed by atoms with Crippen molar-refractivity contribution in [2.75, 3.05) is 31.1 Å². The Balaban J connectivity index is 2.19. The zero-order chi connectivity index (χ0) is 14.5. The van der Waals surface area contributed by atoms with Gasteiger partial charge >= 0.3 is 0 Å². The Morgan fingerprint density at radius 2 is 2.10 bits per heavy atom. The minimum absolute atomic E-state index is 0.326. The Hall–Kier alpha value is -0.580. The Kier molecular flexibility index (Phi) is 5.87. The van der Waals surface area contributed by atoms with E-state index in [0.717, 1.165) is 36.9 Å². The number of piperidine rings is 1. The zero-order valence-electron chi connectivity index (χ0n) is 12.4. The number of benzene rings is 1. The summed E-state index contributed by atoms with van der Waals surface area (Å²) in [5.74, 6) is 0.480. The Morgan fingerprint density at radius 3 is 2.70 bits per heavy atom. The lowest BCUT2D eigenvalue weighted by Crippen LogP contribution is -2.36. The Bertz CT molecular complexity index is 430. The van der Waals surface area contributed by atoms with Crippen molar-refractivity contribution in [3.05, 3.63) is 28.2 Å².